The van der Waals surface area contributed by atoms with Crippen molar-refractivity contribution in [1.82, 2.24) is 0 Å². The van der Waals surface area contributed by atoms with Crippen LogP contribution in [0.2, 0.25) is 5.02 Å². The molecule has 0 radical (unpaired) electrons. The molecular weight excluding hydrogens is 363 g/mol. The Labute approximate surface area is 145 Å². The van der Waals surface area contributed by atoms with E-state index in [1.807, 2.05) is 0 Å². The molecule has 9 heteroatoms. The van der Waals surface area contributed by atoms with E-state index in [2.05, 4.69) is 10.1 Å². The van der Waals surface area contributed by atoms with Gasteiger partial charge in [0.1, 0.15) is 19.0 Å². The fourth-order valence-electron chi connectivity index (χ4n) is 2.22. The van der Waals surface area contributed by atoms with Crippen molar-refractivity contribution in [3.05, 3.63) is 47.0 Å². The van der Waals surface area contributed by atoms with Crippen LogP contribution >= 0.6 is 11.6 Å². The van der Waals surface area contributed by atoms with Gasteiger partial charge in [0.05, 0.1) is 5.02 Å². The Morgan fingerprint density at radius 1 is 1.16 bits per heavy atom. The topological polar surface area (TPSA) is 56.8 Å². The minimum Gasteiger partial charge on any atom is -0.486 e. The molecule has 0 aromatic heterocycles. The van der Waals surface area contributed by atoms with E-state index in [0.29, 0.717) is 24.7 Å². The molecule has 132 valence electrons. The second kappa shape index (κ2) is 6.72. The lowest BCUT2D eigenvalue weighted by Gasteiger charge is -2.20. The summed E-state index contributed by atoms with van der Waals surface area (Å²) in [7, 11) is 0. The van der Waals surface area contributed by atoms with Gasteiger partial charge < -0.3 is 19.5 Å². The van der Waals surface area contributed by atoms with Crippen LogP contribution in [0, 0.1) is 0 Å². The number of halogens is 4. The van der Waals surface area contributed by atoms with E-state index in [0.717, 1.165) is 12.1 Å². The third kappa shape index (κ3) is 4.27. The quantitative estimate of drug-likeness (QED) is 0.873. The number of alkyl halides is 3. The zero-order valence-electron chi connectivity index (χ0n) is 12.5. The smallest absolute Gasteiger partial charge is 0.486 e. The van der Waals surface area contributed by atoms with Crippen molar-refractivity contribution < 1.29 is 32.2 Å². The SMILES string of the molecule is O=C(Nc1cccc(OC(F)(F)F)c1)c1cc(Cl)c2c(c1)OCCO2. The summed E-state index contributed by atoms with van der Waals surface area (Å²) in [5.41, 5.74) is 0.314. The van der Waals surface area contributed by atoms with Gasteiger partial charge in [0.25, 0.3) is 5.91 Å². The highest BCUT2D eigenvalue weighted by Gasteiger charge is 2.31. The van der Waals surface area contributed by atoms with Crippen LogP contribution in [0.5, 0.6) is 17.2 Å². The van der Waals surface area contributed by atoms with Gasteiger partial charge in [-0.2, -0.15) is 0 Å². The van der Waals surface area contributed by atoms with Gasteiger partial charge in [-0.15, -0.1) is 13.2 Å². The number of anilines is 1. The van der Waals surface area contributed by atoms with E-state index in [4.69, 9.17) is 21.1 Å². The Balaban J connectivity index is 1.79. The van der Waals surface area contributed by atoms with Gasteiger partial charge in [-0.3, -0.25) is 4.79 Å². The summed E-state index contributed by atoms with van der Waals surface area (Å²) in [4.78, 5) is 12.3. The molecule has 3 rings (SSSR count). The Hall–Kier alpha value is -2.61. The van der Waals surface area contributed by atoms with Crippen LogP contribution in [0.15, 0.2) is 36.4 Å². The maximum absolute atomic E-state index is 12.3. The number of hydrogen-bond donors (Lipinski definition) is 1. The summed E-state index contributed by atoms with van der Waals surface area (Å²) in [6.45, 7) is 0.676. The first-order chi connectivity index (χ1) is 11.8. The largest absolute Gasteiger partial charge is 0.573 e. The van der Waals surface area contributed by atoms with Gasteiger partial charge in [-0.25, -0.2) is 0 Å². The molecule has 1 heterocycles. The van der Waals surface area contributed by atoms with E-state index in [-0.39, 0.29) is 16.3 Å². The Morgan fingerprint density at radius 2 is 1.92 bits per heavy atom. The molecule has 5 nitrogen and oxygen atoms in total. The van der Waals surface area contributed by atoms with Crippen molar-refractivity contribution in [2.24, 2.45) is 0 Å². The van der Waals surface area contributed by atoms with Crippen molar-refractivity contribution in [3.8, 4) is 17.2 Å². The van der Waals surface area contributed by atoms with Crippen LogP contribution < -0.4 is 19.5 Å². The molecule has 0 atom stereocenters. The molecule has 0 saturated carbocycles. The molecule has 1 aliphatic rings. The Kier molecular flexibility index (Phi) is 4.63. The van der Waals surface area contributed by atoms with Crippen LogP contribution in [0.25, 0.3) is 0 Å². The fourth-order valence-corrected chi connectivity index (χ4v) is 2.48. The van der Waals surface area contributed by atoms with Crippen molar-refractivity contribution in [3.63, 3.8) is 0 Å². The Bertz CT molecular complexity index is 810. The highest BCUT2D eigenvalue weighted by molar-refractivity contribution is 6.32. The lowest BCUT2D eigenvalue weighted by Crippen LogP contribution is -2.18. The van der Waals surface area contributed by atoms with Crippen molar-refractivity contribution in [2.45, 2.75) is 6.36 Å². The minimum atomic E-state index is -4.81. The van der Waals surface area contributed by atoms with E-state index in [1.165, 1.54) is 24.3 Å². The lowest BCUT2D eigenvalue weighted by molar-refractivity contribution is -0.274. The lowest BCUT2D eigenvalue weighted by atomic mass is 10.1. The van der Waals surface area contributed by atoms with Crippen LogP contribution in [0.3, 0.4) is 0 Å². The van der Waals surface area contributed by atoms with E-state index in [1.54, 1.807) is 0 Å². The number of amides is 1. The molecule has 0 spiro atoms. The second-order valence-electron chi connectivity index (χ2n) is 5.01. The summed E-state index contributed by atoms with van der Waals surface area (Å²) in [6.07, 6.45) is -4.81. The van der Waals surface area contributed by atoms with Crippen LogP contribution in [-0.4, -0.2) is 25.5 Å². The van der Waals surface area contributed by atoms with Gasteiger partial charge in [0, 0.05) is 17.3 Å². The molecule has 0 fully saturated rings. The van der Waals surface area contributed by atoms with Gasteiger partial charge in [0.15, 0.2) is 11.5 Å². The molecule has 2 aromatic carbocycles. The number of carbonyl (C=O) groups is 1. The first-order valence-corrected chi connectivity index (χ1v) is 7.46. The van der Waals surface area contributed by atoms with Crippen LogP contribution in [0.4, 0.5) is 18.9 Å². The molecular formula is C16H11ClF3NO4. The average Bonchev–Trinajstić information content (AvgIpc) is 2.53. The zero-order valence-corrected chi connectivity index (χ0v) is 13.3. The molecule has 0 aliphatic carbocycles. The molecule has 25 heavy (non-hydrogen) atoms. The standard InChI is InChI=1S/C16H11ClF3NO4/c17-12-6-9(7-13-14(12)24-5-4-23-13)15(22)21-10-2-1-3-11(8-10)25-16(18,19)20/h1-3,6-8H,4-5H2,(H,21,22). The highest BCUT2D eigenvalue weighted by Crippen LogP contribution is 2.38. The molecule has 0 unspecified atom stereocenters. The number of benzene rings is 2. The van der Waals surface area contributed by atoms with E-state index < -0.39 is 18.0 Å². The van der Waals surface area contributed by atoms with Gasteiger partial charge in [-0.1, -0.05) is 17.7 Å². The number of rotatable bonds is 3. The normalized spacial score (nSPS) is 13.3. The number of nitrogens with one attached hydrogen (secondary N) is 1. The van der Waals surface area contributed by atoms with Crippen molar-refractivity contribution in [1.29, 1.82) is 0 Å². The predicted octanol–water partition coefficient (Wildman–Crippen LogP) is 4.26. The van der Waals surface area contributed by atoms with E-state index >= 15 is 0 Å². The van der Waals surface area contributed by atoms with Gasteiger partial charge >= 0.3 is 6.36 Å². The number of fused-ring (bicyclic) bond motifs is 1. The van der Waals surface area contributed by atoms with Gasteiger partial charge in [0.2, 0.25) is 0 Å². The Morgan fingerprint density at radius 3 is 2.68 bits per heavy atom. The molecule has 0 saturated heterocycles. The van der Waals surface area contributed by atoms with Crippen LogP contribution in [0.1, 0.15) is 10.4 Å². The maximum atomic E-state index is 12.3. The van der Waals surface area contributed by atoms with E-state index in [9.17, 15) is 18.0 Å². The molecule has 0 bridgehead atoms. The predicted molar refractivity (Wildman–Crippen MR) is 83.5 cm³/mol. The average molecular weight is 374 g/mol. The van der Waals surface area contributed by atoms with Crippen LogP contribution in [-0.2, 0) is 0 Å². The summed E-state index contributed by atoms with van der Waals surface area (Å²) < 4.78 is 51.3. The summed E-state index contributed by atoms with van der Waals surface area (Å²) in [5, 5.41) is 2.68. The minimum absolute atomic E-state index is 0.137. The van der Waals surface area contributed by atoms with Gasteiger partial charge in [-0.05, 0) is 24.3 Å². The maximum Gasteiger partial charge on any atom is 0.573 e. The first kappa shape index (κ1) is 17.2. The summed E-state index contributed by atoms with van der Waals surface area (Å²) in [6, 6.07) is 7.79. The number of hydrogen-bond acceptors (Lipinski definition) is 4. The fraction of sp³-hybridized carbons (Fsp3) is 0.188. The van der Waals surface area contributed by atoms with Crippen molar-refractivity contribution >= 4 is 23.2 Å². The monoisotopic (exact) mass is 373 g/mol. The molecule has 1 aliphatic heterocycles. The number of carbonyl (C=O) groups excluding carboxylic acids is 1. The third-order valence-electron chi connectivity index (χ3n) is 3.18. The zero-order chi connectivity index (χ0) is 18.0. The molecule has 2 aromatic rings. The first-order valence-electron chi connectivity index (χ1n) is 7.08. The third-order valence-corrected chi connectivity index (χ3v) is 3.47. The molecule has 1 amide bonds. The number of ether oxygens (including phenoxy) is 3. The summed E-state index contributed by atoms with van der Waals surface area (Å²) in [5.74, 6) is -0.323. The summed E-state index contributed by atoms with van der Waals surface area (Å²) >= 11 is 6.06. The van der Waals surface area contributed by atoms with Crippen molar-refractivity contribution in [2.75, 3.05) is 18.5 Å². The second-order valence-corrected chi connectivity index (χ2v) is 5.42. The highest BCUT2D eigenvalue weighted by atomic mass is 35.5. The molecule has 1 N–H and O–H groups in total.